The molecule has 0 aliphatic rings. The standard InChI is InChI=1S/C70H138N8/c1-9-17-25-33-41-49-57-75(58-50-42-34-26-18-10-2)67-68(76(59-51-43-35-27-19-11-3)60-52-44-36-28-20-12-4)72-65(71-67)66-73-69(77(61-53-45-37-29-21-13-5)62-54-46-38-30-22-14-6)70(74-66)78(63-55-47-39-31-23-15-7)64-56-48-40-32-24-16-8/h9-64H2,1-8H3,(H,71,72)(H,73,74). The van der Waals surface area contributed by atoms with E-state index in [9.17, 15) is 0 Å². The highest BCUT2D eigenvalue weighted by molar-refractivity contribution is 5.73. The van der Waals surface area contributed by atoms with Gasteiger partial charge in [0, 0.05) is 52.4 Å². The summed E-state index contributed by atoms with van der Waals surface area (Å²) >= 11 is 0. The average molecular weight is 1090 g/mol. The second kappa shape index (κ2) is 52.7. The minimum atomic E-state index is 0.956. The van der Waals surface area contributed by atoms with Crippen molar-refractivity contribution in [2.24, 2.45) is 0 Å². The first-order valence-electron chi connectivity index (χ1n) is 35.7. The first-order chi connectivity index (χ1) is 38.5. The number of unbranched alkanes of at least 4 members (excludes halogenated alkanes) is 40. The smallest absolute Gasteiger partial charge is 0.177 e. The van der Waals surface area contributed by atoms with Gasteiger partial charge in [0.1, 0.15) is 0 Å². The number of anilines is 4. The molecule has 0 unspecified atom stereocenters. The predicted molar refractivity (Wildman–Crippen MR) is 352 cm³/mol. The lowest BCUT2D eigenvalue weighted by molar-refractivity contribution is 0.567. The summed E-state index contributed by atoms with van der Waals surface area (Å²) in [6, 6.07) is 0. The molecule has 0 spiro atoms. The Morgan fingerprint density at radius 2 is 0.359 bits per heavy atom. The fraction of sp³-hybridized carbons (Fsp3) is 0.914. The molecule has 2 N–H and O–H groups in total. The van der Waals surface area contributed by atoms with Gasteiger partial charge in [-0.1, -0.05) is 312 Å². The van der Waals surface area contributed by atoms with Gasteiger partial charge in [-0.15, -0.1) is 0 Å². The summed E-state index contributed by atoms with van der Waals surface area (Å²) in [6.07, 6.45) is 63.4. The number of hydrogen-bond donors (Lipinski definition) is 2. The lowest BCUT2D eigenvalue weighted by Gasteiger charge is -2.29. The topological polar surface area (TPSA) is 70.3 Å². The van der Waals surface area contributed by atoms with Crippen LogP contribution in [0.3, 0.4) is 0 Å². The van der Waals surface area contributed by atoms with Crippen LogP contribution in [0.15, 0.2) is 0 Å². The zero-order valence-corrected chi connectivity index (χ0v) is 54.3. The molecule has 8 nitrogen and oxygen atoms in total. The van der Waals surface area contributed by atoms with Crippen molar-refractivity contribution in [2.45, 2.75) is 364 Å². The molecule has 0 aliphatic heterocycles. The maximum absolute atomic E-state index is 5.88. The molecule has 2 aromatic heterocycles. The average Bonchev–Trinajstić information content (AvgIpc) is 4.14. The molecular weight excluding hydrogens is 953 g/mol. The number of aromatic nitrogens is 4. The summed E-state index contributed by atoms with van der Waals surface area (Å²) in [5.41, 5.74) is 0. The van der Waals surface area contributed by atoms with Crippen LogP contribution < -0.4 is 19.6 Å². The van der Waals surface area contributed by atoms with Crippen LogP contribution >= 0.6 is 0 Å². The Balaban J connectivity index is 2.91. The first-order valence-corrected chi connectivity index (χ1v) is 35.7. The van der Waals surface area contributed by atoms with Gasteiger partial charge in [0.05, 0.1) is 0 Å². The normalized spacial score (nSPS) is 11.6. The van der Waals surface area contributed by atoms with E-state index in [2.05, 4.69) is 85.0 Å². The summed E-state index contributed by atoms with van der Waals surface area (Å²) in [7, 11) is 0. The summed E-state index contributed by atoms with van der Waals surface area (Å²) < 4.78 is 0. The van der Waals surface area contributed by atoms with E-state index < -0.39 is 0 Å². The van der Waals surface area contributed by atoms with Crippen molar-refractivity contribution in [3.63, 3.8) is 0 Å². The molecule has 0 bridgehead atoms. The number of nitrogens with one attached hydrogen (secondary N) is 2. The highest BCUT2D eigenvalue weighted by atomic mass is 15.3. The zero-order valence-electron chi connectivity index (χ0n) is 54.3. The van der Waals surface area contributed by atoms with E-state index in [0.29, 0.717) is 0 Å². The third kappa shape index (κ3) is 34.8. The van der Waals surface area contributed by atoms with Crippen LogP contribution in [0.5, 0.6) is 0 Å². The van der Waals surface area contributed by atoms with Crippen LogP contribution in [0.4, 0.5) is 23.3 Å². The van der Waals surface area contributed by atoms with Crippen LogP contribution in [-0.2, 0) is 0 Å². The Morgan fingerprint density at radius 1 is 0.205 bits per heavy atom. The SMILES string of the molecule is CCCCCCCCN(CCCCCCCC)c1nc(-c2nc(N(CCCCCCCC)CCCCCCCC)c(N(CCCCCCCC)CCCCCCCC)[nH]2)[nH]c1N(CCCCCCCC)CCCCCCCC. The minimum absolute atomic E-state index is 0.956. The van der Waals surface area contributed by atoms with Crippen molar-refractivity contribution >= 4 is 23.3 Å². The summed E-state index contributed by atoms with van der Waals surface area (Å²) in [5, 5.41) is 0. The Morgan fingerprint density at radius 3 is 0.538 bits per heavy atom. The van der Waals surface area contributed by atoms with Gasteiger partial charge < -0.3 is 29.6 Å². The molecule has 8 heteroatoms. The van der Waals surface area contributed by atoms with Gasteiger partial charge in [-0.05, 0) is 51.4 Å². The molecule has 0 atom stereocenters. The van der Waals surface area contributed by atoms with Crippen molar-refractivity contribution in [2.75, 3.05) is 72.0 Å². The number of rotatable bonds is 61. The Kier molecular flexibility index (Phi) is 48.4. The molecule has 78 heavy (non-hydrogen) atoms. The molecule has 0 aromatic carbocycles. The number of nitrogens with zero attached hydrogens (tertiary/aromatic N) is 6. The second-order valence-corrected chi connectivity index (χ2v) is 24.6. The van der Waals surface area contributed by atoms with Gasteiger partial charge in [0.2, 0.25) is 0 Å². The van der Waals surface area contributed by atoms with E-state index in [-0.39, 0.29) is 0 Å². The Labute approximate surface area is 488 Å². The molecule has 0 saturated heterocycles. The number of H-pyrrole nitrogens is 2. The van der Waals surface area contributed by atoms with E-state index in [4.69, 9.17) is 9.97 Å². The molecule has 0 saturated carbocycles. The zero-order chi connectivity index (χ0) is 56.2. The fourth-order valence-corrected chi connectivity index (χ4v) is 11.8. The van der Waals surface area contributed by atoms with Gasteiger partial charge in [0.25, 0.3) is 0 Å². The van der Waals surface area contributed by atoms with E-state index in [1.165, 1.54) is 331 Å². The largest absolute Gasteiger partial charge is 0.355 e. The predicted octanol–water partition coefficient (Wildman–Crippen LogP) is 22.9. The van der Waals surface area contributed by atoms with Crippen molar-refractivity contribution in [3.8, 4) is 11.6 Å². The van der Waals surface area contributed by atoms with Crippen LogP contribution in [-0.4, -0.2) is 72.3 Å². The van der Waals surface area contributed by atoms with Crippen LogP contribution in [0, 0.1) is 0 Å². The van der Waals surface area contributed by atoms with Gasteiger partial charge >= 0.3 is 0 Å². The quantitative estimate of drug-likeness (QED) is 0.0643. The van der Waals surface area contributed by atoms with Crippen molar-refractivity contribution in [1.82, 2.24) is 19.9 Å². The van der Waals surface area contributed by atoms with E-state index in [0.717, 1.165) is 64.0 Å². The molecule has 0 radical (unpaired) electrons. The van der Waals surface area contributed by atoms with Gasteiger partial charge in [-0.25, -0.2) is 9.97 Å². The second-order valence-electron chi connectivity index (χ2n) is 24.6. The van der Waals surface area contributed by atoms with Gasteiger partial charge in [0.15, 0.2) is 34.9 Å². The van der Waals surface area contributed by atoms with Crippen LogP contribution in [0.25, 0.3) is 11.6 Å². The fourth-order valence-electron chi connectivity index (χ4n) is 11.8. The number of imidazole rings is 2. The molecule has 458 valence electrons. The van der Waals surface area contributed by atoms with E-state index in [1.54, 1.807) is 0 Å². The highest BCUT2D eigenvalue weighted by Crippen LogP contribution is 2.37. The van der Waals surface area contributed by atoms with E-state index in [1.807, 2.05) is 0 Å². The van der Waals surface area contributed by atoms with Gasteiger partial charge in [-0.2, -0.15) is 0 Å². The Bertz CT molecular complexity index is 1250. The van der Waals surface area contributed by atoms with E-state index >= 15 is 0 Å². The van der Waals surface area contributed by atoms with Crippen molar-refractivity contribution in [1.29, 1.82) is 0 Å². The summed E-state index contributed by atoms with van der Waals surface area (Å²) in [4.78, 5) is 31.2. The molecule has 0 amide bonds. The Hall–Kier alpha value is -2.38. The molecule has 0 fully saturated rings. The lowest BCUT2D eigenvalue weighted by atomic mass is 10.1. The number of aromatic amines is 2. The van der Waals surface area contributed by atoms with Crippen molar-refractivity contribution < 1.29 is 0 Å². The third-order valence-electron chi connectivity index (χ3n) is 17.0. The third-order valence-corrected chi connectivity index (χ3v) is 17.0. The maximum atomic E-state index is 5.88. The summed E-state index contributed by atoms with van der Waals surface area (Å²) in [6.45, 7) is 27.5. The molecule has 2 rings (SSSR count). The number of hydrogen-bond acceptors (Lipinski definition) is 6. The summed E-state index contributed by atoms with van der Waals surface area (Å²) in [5.74, 6) is 6.87. The van der Waals surface area contributed by atoms with Crippen LogP contribution in [0.1, 0.15) is 364 Å². The molecular formula is C70H138N8. The highest BCUT2D eigenvalue weighted by Gasteiger charge is 2.27. The minimum Gasteiger partial charge on any atom is -0.355 e. The molecule has 2 aromatic rings. The first kappa shape index (κ1) is 71.7. The monoisotopic (exact) mass is 1090 g/mol. The van der Waals surface area contributed by atoms with Crippen LogP contribution in [0.2, 0.25) is 0 Å². The van der Waals surface area contributed by atoms with Gasteiger partial charge in [-0.3, -0.25) is 0 Å². The van der Waals surface area contributed by atoms with Crippen molar-refractivity contribution in [3.05, 3.63) is 0 Å². The maximum Gasteiger partial charge on any atom is 0.177 e. The molecule has 0 aliphatic carbocycles. The lowest BCUT2D eigenvalue weighted by Crippen LogP contribution is -2.31. The molecule has 2 heterocycles.